The maximum atomic E-state index is 11.0. The topological polar surface area (TPSA) is 40.9 Å². The monoisotopic (exact) mass is 151 g/mol. The van der Waals surface area contributed by atoms with E-state index in [-0.39, 0.29) is 17.6 Å². The summed E-state index contributed by atoms with van der Waals surface area (Å²) in [4.78, 5) is 11.0. The van der Waals surface area contributed by atoms with Gasteiger partial charge in [-0.3, -0.25) is 4.79 Å². The molecular weight excluding hydrogens is 138 g/mol. The molecule has 0 aromatic heterocycles. The Morgan fingerprint density at radius 2 is 2.09 bits per heavy atom. The van der Waals surface area contributed by atoms with E-state index in [1.165, 1.54) is 0 Å². The van der Waals surface area contributed by atoms with Crippen molar-refractivity contribution in [2.24, 2.45) is 11.8 Å². The number of hydrogen-bond acceptors (Lipinski definition) is 2. The zero-order valence-corrected chi connectivity index (χ0v) is 6.84. The second-order valence-electron chi connectivity index (χ2n) is 3.24. The van der Waals surface area contributed by atoms with Crippen molar-refractivity contribution in [3.8, 4) is 6.07 Å². The molecule has 1 rings (SSSR count). The Balaban J connectivity index is 2.60. The zero-order valence-electron chi connectivity index (χ0n) is 6.84. The van der Waals surface area contributed by atoms with Crippen molar-refractivity contribution in [1.29, 1.82) is 5.26 Å². The number of nitriles is 1. The van der Waals surface area contributed by atoms with E-state index in [1.54, 1.807) is 6.92 Å². The van der Waals surface area contributed by atoms with E-state index < -0.39 is 0 Å². The van der Waals surface area contributed by atoms with Crippen molar-refractivity contribution >= 4 is 5.78 Å². The Labute approximate surface area is 67.2 Å². The molecule has 2 unspecified atom stereocenters. The summed E-state index contributed by atoms with van der Waals surface area (Å²) in [5.41, 5.74) is 0. The molecule has 2 nitrogen and oxygen atoms in total. The molecule has 0 heterocycles. The number of Topliss-reactive ketones (excluding diaryl/α,β-unsaturated/α-hetero) is 1. The smallest absolute Gasteiger partial charge is 0.134 e. The highest BCUT2D eigenvalue weighted by molar-refractivity contribution is 5.79. The predicted molar refractivity (Wildman–Crippen MR) is 41.7 cm³/mol. The van der Waals surface area contributed by atoms with Crippen molar-refractivity contribution in [3.63, 3.8) is 0 Å². The van der Waals surface area contributed by atoms with E-state index in [4.69, 9.17) is 5.26 Å². The third-order valence-corrected chi connectivity index (χ3v) is 2.45. The molecule has 0 aromatic carbocycles. The van der Waals surface area contributed by atoms with E-state index >= 15 is 0 Å². The lowest BCUT2D eigenvalue weighted by molar-refractivity contribution is -0.122. The van der Waals surface area contributed by atoms with Crippen molar-refractivity contribution in [2.75, 3.05) is 0 Å². The summed E-state index contributed by atoms with van der Waals surface area (Å²) in [6.45, 7) is 1.60. The highest BCUT2D eigenvalue weighted by Crippen LogP contribution is 2.29. The summed E-state index contributed by atoms with van der Waals surface area (Å²) in [6.07, 6.45) is 4.07. The number of ketones is 1. The van der Waals surface area contributed by atoms with Crippen molar-refractivity contribution in [2.45, 2.75) is 32.6 Å². The summed E-state index contributed by atoms with van der Waals surface area (Å²) in [5, 5.41) is 8.71. The molecule has 2 heteroatoms. The molecular formula is C9H13NO. The lowest BCUT2D eigenvalue weighted by Gasteiger charge is -2.23. The van der Waals surface area contributed by atoms with Crippen LogP contribution in [0.25, 0.3) is 0 Å². The van der Waals surface area contributed by atoms with Crippen molar-refractivity contribution < 1.29 is 4.79 Å². The Morgan fingerprint density at radius 3 is 2.55 bits per heavy atom. The number of carbonyl (C=O) groups is 1. The molecule has 0 amide bonds. The van der Waals surface area contributed by atoms with E-state index in [1.807, 2.05) is 0 Å². The maximum Gasteiger partial charge on any atom is 0.134 e. The SMILES string of the molecule is CC(=O)C1CCCCC1C#N. The van der Waals surface area contributed by atoms with Crippen LogP contribution in [0.5, 0.6) is 0 Å². The molecule has 60 valence electrons. The molecule has 0 saturated heterocycles. The first-order chi connectivity index (χ1) is 5.25. The second kappa shape index (κ2) is 3.52. The van der Waals surface area contributed by atoms with Crippen LogP contribution in [0, 0.1) is 23.2 Å². The van der Waals surface area contributed by atoms with Crippen LogP contribution in [-0.2, 0) is 4.79 Å². The van der Waals surface area contributed by atoms with Crippen molar-refractivity contribution in [1.82, 2.24) is 0 Å². The molecule has 1 saturated carbocycles. The van der Waals surface area contributed by atoms with Crippen LogP contribution in [0.15, 0.2) is 0 Å². The van der Waals surface area contributed by atoms with Crippen LogP contribution in [0.3, 0.4) is 0 Å². The Bertz CT molecular complexity index is 192. The normalized spacial score (nSPS) is 30.9. The Hall–Kier alpha value is -0.840. The fourth-order valence-electron chi connectivity index (χ4n) is 1.77. The standard InChI is InChI=1S/C9H13NO/c1-7(11)9-5-3-2-4-8(9)6-10/h8-9H,2-5H2,1H3. The van der Waals surface area contributed by atoms with Gasteiger partial charge in [0.1, 0.15) is 5.78 Å². The van der Waals surface area contributed by atoms with Crippen LogP contribution in [-0.4, -0.2) is 5.78 Å². The zero-order chi connectivity index (χ0) is 8.27. The van der Waals surface area contributed by atoms with E-state index in [0.717, 1.165) is 25.7 Å². The van der Waals surface area contributed by atoms with Gasteiger partial charge in [-0.1, -0.05) is 12.8 Å². The predicted octanol–water partition coefficient (Wildman–Crippen LogP) is 1.91. The van der Waals surface area contributed by atoms with Gasteiger partial charge in [0, 0.05) is 5.92 Å². The average molecular weight is 151 g/mol. The largest absolute Gasteiger partial charge is 0.300 e. The molecule has 0 N–H and O–H groups in total. The fourth-order valence-corrected chi connectivity index (χ4v) is 1.77. The lowest BCUT2D eigenvalue weighted by atomic mass is 9.78. The van der Waals surface area contributed by atoms with Gasteiger partial charge in [-0.15, -0.1) is 0 Å². The molecule has 0 aromatic rings. The molecule has 0 aliphatic heterocycles. The van der Waals surface area contributed by atoms with Gasteiger partial charge < -0.3 is 0 Å². The summed E-state index contributed by atoms with van der Waals surface area (Å²) < 4.78 is 0. The number of nitrogens with zero attached hydrogens (tertiary/aromatic N) is 1. The third kappa shape index (κ3) is 1.80. The number of hydrogen-bond donors (Lipinski definition) is 0. The van der Waals surface area contributed by atoms with Gasteiger partial charge in [-0.2, -0.15) is 5.26 Å². The fraction of sp³-hybridized carbons (Fsp3) is 0.778. The second-order valence-corrected chi connectivity index (χ2v) is 3.24. The molecule has 1 fully saturated rings. The average Bonchev–Trinajstić information content (AvgIpc) is 2.04. The van der Waals surface area contributed by atoms with Crippen LogP contribution in [0.4, 0.5) is 0 Å². The van der Waals surface area contributed by atoms with Crippen LogP contribution in [0.1, 0.15) is 32.6 Å². The summed E-state index contributed by atoms with van der Waals surface area (Å²) in [7, 11) is 0. The first-order valence-corrected chi connectivity index (χ1v) is 4.15. The first-order valence-electron chi connectivity index (χ1n) is 4.15. The van der Waals surface area contributed by atoms with Gasteiger partial charge >= 0.3 is 0 Å². The van der Waals surface area contributed by atoms with Crippen LogP contribution >= 0.6 is 0 Å². The van der Waals surface area contributed by atoms with Gasteiger partial charge in [0.2, 0.25) is 0 Å². The summed E-state index contributed by atoms with van der Waals surface area (Å²) in [5.74, 6) is 0.228. The number of carbonyl (C=O) groups excluding carboxylic acids is 1. The minimum Gasteiger partial charge on any atom is -0.300 e. The maximum absolute atomic E-state index is 11.0. The molecule has 2 atom stereocenters. The van der Waals surface area contributed by atoms with E-state index in [9.17, 15) is 4.79 Å². The number of rotatable bonds is 1. The van der Waals surface area contributed by atoms with Gasteiger partial charge in [0.05, 0.1) is 12.0 Å². The molecule has 0 bridgehead atoms. The van der Waals surface area contributed by atoms with Gasteiger partial charge in [-0.25, -0.2) is 0 Å². The molecule has 1 aliphatic carbocycles. The van der Waals surface area contributed by atoms with Crippen molar-refractivity contribution in [3.05, 3.63) is 0 Å². The lowest BCUT2D eigenvalue weighted by Crippen LogP contribution is -2.24. The quantitative estimate of drug-likeness (QED) is 0.574. The summed E-state index contributed by atoms with van der Waals surface area (Å²) in [6, 6.07) is 2.21. The van der Waals surface area contributed by atoms with Gasteiger partial charge in [0.25, 0.3) is 0 Å². The highest BCUT2D eigenvalue weighted by Gasteiger charge is 2.27. The molecule has 1 aliphatic rings. The minimum atomic E-state index is 0.00116. The van der Waals surface area contributed by atoms with E-state index in [2.05, 4.69) is 6.07 Å². The highest BCUT2D eigenvalue weighted by atomic mass is 16.1. The summed E-state index contributed by atoms with van der Waals surface area (Å²) >= 11 is 0. The molecule has 11 heavy (non-hydrogen) atoms. The molecule has 0 spiro atoms. The van der Waals surface area contributed by atoms with Gasteiger partial charge in [0.15, 0.2) is 0 Å². The van der Waals surface area contributed by atoms with Gasteiger partial charge in [-0.05, 0) is 19.8 Å². The minimum absolute atomic E-state index is 0.00116. The van der Waals surface area contributed by atoms with Crippen LogP contribution < -0.4 is 0 Å². The van der Waals surface area contributed by atoms with E-state index in [0.29, 0.717) is 0 Å². The third-order valence-electron chi connectivity index (χ3n) is 2.45. The Kier molecular flexibility index (Phi) is 2.64. The van der Waals surface area contributed by atoms with Crippen LogP contribution in [0.2, 0.25) is 0 Å². The first kappa shape index (κ1) is 8.26. The Morgan fingerprint density at radius 1 is 1.45 bits per heavy atom. The molecule has 0 radical (unpaired) electrons.